The highest BCUT2D eigenvalue weighted by Gasteiger charge is 2.58. The van der Waals surface area contributed by atoms with Crippen molar-refractivity contribution in [1.29, 1.82) is 0 Å². The van der Waals surface area contributed by atoms with Crippen LogP contribution in [0.15, 0.2) is 24.3 Å². The molecule has 0 bridgehead atoms. The molecule has 0 N–H and O–H groups in total. The van der Waals surface area contributed by atoms with Crippen molar-refractivity contribution in [2.24, 2.45) is 5.41 Å². The number of carbonyl (C=O) groups is 2. The van der Waals surface area contributed by atoms with E-state index in [1.165, 1.54) is 4.88 Å². The van der Waals surface area contributed by atoms with Crippen LogP contribution in [0.2, 0.25) is 18.1 Å². The first-order chi connectivity index (χ1) is 18.9. The minimum Gasteiger partial charge on any atom is -0.496 e. The van der Waals surface area contributed by atoms with Crippen LogP contribution in [0.25, 0.3) is 0 Å². The van der Waals surface area contributed by atoms with E-state index in [0.29, 0.717) is 32.6 Å². The van der Waals surface area contributed by atoms with Gasteiger partial charge in [-0.05, 0) is 55.3 Å². The Bertz CT molecular complexity index is 1270. The number of ketones is 1. The largest absolute Gasteiger partial charge is 0.496 e. The molecule has 1 aromatic carbocycles. The van der Waals surface area contributed by atoms with Crippen LogP contribution in [-0.2, 0) is 20.3 Å². The van der Waals surface area contributed by atoms with Gasteiger partial charge in [0.05, 0.1) is 33.4 Å². The Morgan fingerprint density at radius 1 is 1.15 bits per heavy atom. The maximum Gasteiger partial charge on any atom is 0.241 e. The lowest BCUT2D eigenvalue weighted by molar-refractivity contribution is -0.131. The van der Waals surface area contributed by atoms with Gasteiger partial charge in [-0.2, -0.15) is 0 Å². The van der Waals surface area contributed by atoms with Crippen molar-refractivity contribution < 1.29 is 23.8 Å². The predicted octanol–water partition coefficient (Wildman–Crippen LogP) is 7.29. The van der Waals surface area contributed by atoms with Crippen molar-refractivity contribution >= 4 is 36.1 Å². The van der Waals surface area contributed by atoms with Gasteiger partial charge in [-0.25, -0.2) is 0 Å². The van der Waals surface area contributed by atoms with Crippen molar-refractivity contribution in [1.82, 2.24) is 0 Å². The zero-order valence-corrected chi connectivity index (χ0v) is 27.0. The van der Waals surface area contributed by atoms with E-state index in [0.717, 1.165) is 52.7 Å². The van der Waals surface area contributed by atoms with Crippen molar-refractivity contribution in [2.45, 2.75) is 96.2 Å². The first-order valence-electron chi connectivity index (χ1n) is 14.7. The molecule has 218 valence electrons. The van der Waals surface area contributed by atoms with Crippen LogP contribution >= 0.6 is 11.3 Å². The Kier molecular flexibility index (Phi) is 8.11. The van der Waals surface area contributed by atoms with Crippen LogP contribution in [0.4, 0.5) is 5.00 Å². The summed E-state index contributed by atoms with van der Waals surface area (Å²) in [5.41, 5.74) is 1.87. The van der Waals surface area contributed by atoms with Gasteiger partial charge < -0.3 is 14.2 Å². The van der Waals surface area contributed by atoms with Crippen LogP contribution in [0, 0.1) is 12.3 Å². The molecule has 1 atom stereocenters. The number of rotatable bonds is 8. The molecule has 40 heavy (non-hydrogen) atoms. The molecule has 1 aliphatic carbocycles. The molecule has 1 saturated heterocycles. The highest BCUT2D eigenvalue weighted by Crippen LogP contribution is 2.54. The molecule has 0 radical (unpaired) electrons. The maximum atomic E-state index is 14.3. The van der Waals surface area contributed by atoms with Gasteiger partial charge in [0.15, 0.2) is 5.78 Å². The fourth-order valence-electron chi connectivity index (χ4n) is 6.02. The van der Waals surface area contributed by atoms with E-state index in [1.54, 1.807) is 18.4 Å². The molecular formula is C32H45NO5SSi. The number of para-hydroxylation sites is 1. The minimum absolute atomic E-state index is 0.0431. The van der Waals surface area contributed by atoms with E-state index in [9.17, 15) is 9.59 Å². The zero-order chi connectivity index (χ0) is 28.9. The summed E-state index contributed by atoms with van der Waals surface area (Å²) >= 11 is 1.66. The fourth-order valence-corrected chi connectivity index (χ4v) is 10.1. The highest BCUT2D eigenvalue weighted by atomic mass is 32.1. The summed E-state index contributed by atoms with van der Waals surface area (Å²) in [6.07, 6.45) is 3.48. The number of anilines is 1. The number of Topliss-reactive ketones (excluding diaryl/α,β-unsaturated/α-hetero) is 1. The number of carbonyl (C=O) groups excluding carboxylic acids is 2. The van der Waals surface area contributed by atoms with E-state index in [4.69, 9.17) is 14.2 Å². The van der Waals surface area contributed by atoms with E-state index < -0.39 is 13.5 Å². The molecule has 6 nitrogen and oxygen atoms in total. The van der Waals surface area contributed by atoms with Crippen molar-refractivity contribution in [3.63, 3.8) is 0 Å². The number of methoxy groups -OCH3 is 1. The van der Waals surface area contributed by atoms with Crippen molar-refractivity contribution in [3.8, 4) is 5.75 Å². The summed E-state index contributed by atoms with van der Waals surface area (Å²) in [5.74, 6) is 0.746. The second-order valence-corrected chi connectivity index (χ2v) is 20.2. The Labute approximate surface area is 244 Å². The molecule has 8 heteroatoms. The first kappa shape index (κ1) is 29.5. The Hall–Kier alpha value is -2.00. The van der Waals surface area contributed by atoms with Crippen molar-refractivity contribution in [3.05, 3.63) is 45.8 Å². The van der Waals surface area contributed by atoms with Gasteiger partial charge in [0.25, 0.3) is 0 Å². The summed E-state index contributed by atoms with van der Waals surface area (Å²) < 4.78 is 18.1. The summed E-state index contributed by atoms with van der Waals surface area (Å²) in [4.78, 5) is 31.5. The number of benzene rings is 1. The number of hydrogen-bond acceptors (Lipinski definition) is 6. The Balaban J connectivity index is 1.57. The molecule has 1 aromatic heterocycles. The van der Waals surface area contributed by atoms with E-state index in [-0.39, 0.29) is 28.9 Å². The number of amides is 1. The number of fused-ring (bicyclic) bond motifs is 1. The normalized spacial score (nSPS) is 20.4. The number of nitrogens with zero attached hydrogens (tertiary/aromatic N) is 1. The lowest BCUT2D eigenvalue weighted by Gasteiger charge is -2.46. The third-order valence-corrected chi connectivity index (χ3v) is 16.9. The van der Waals surface area contributed by atoms with E-state index in [1.807, 2.05) is 29.2 Å². The van der Waals surface area contributed by atoms with Gasteiger partial charge in [0.2, 0.25) is 5.91 Å². The lowest BCUT2D eigenvalue weighted by Crippen LogP contribution is -2.57. The minimum atomic E-state index is -1.67. The second kappa shape index (κ2) is 11.0. The third kappa shape index (κ3) is 5.10. The maximum absolute atomic E-state index is 14.3. The predicted molar refractivity (Wildman–Crippen MR) is 164 cm³/mol. The Morgan fingerprint density at radius 3 is 2.42 bits per heavy atom. The van der Waals surface area contributed by atoms with Gasteiger partial charge in [0.1, 0.15) is 22.3 Å². The summed E-state index contributed by atoms with van der Waals surface area (Å²) in [5, 5.41) is 1.04. The van der Waals surface area contributed by atoms with Gasteiger partial charge in [-0.1, -0.05) is 58.5 Å². The average Bonchev–Trinajstić information content (AvgIpc) is 3.20. The van der Waals surface area contributed by atoms with Crippen LogP contribution in [0.3, 0.4) is 0 Å². The summed E-state index contributed by atoms with van der Waals surface area (Å²) in [6, 6.07) is 8.92. The standard InChI is InChI=1S/C32H45NO5SSi/c1-21-26(20-40(6,7)31(2,3)4)39-29-27(21)28(34)32(15-10-16-32)30(35)33(29)19-25(38-22-13-17-37-18-14-22)23-11-8-9-12-24(23)36-5/h8-9,11-12,22,25H,10,13-20H2,1-7H3. The quantitative estimate of drug-likeness (QED) is 0.241. The molecular weight excluding hydrogens is 539 g/mol. The summed E-state index contributed by atoms with van der Waals surface area (Å²) in [7, 11) is 0.00613. The Morgan fingerprint density at radius 2 is 1.82 bits per heavy atom. The molecule has 3 aliphatic rings. The van der Waals surface area contributed by atoms with Crippen LogP contribution < -0.4 is 9.64 Å². The van der Waals surface area contributed by atoms with Gasteiger partial charge in [-0.15, -0.1) is 11.3 Å². The topological polar surface area (TPSA) is 65.1 Å². The molecule has 2 aromatic rings. The molecule has 3 heterocycles. The van der Waals surface area contributed by atoms with Crippen LogP contribution in [0.5, 0.6) is 5.75 Å². The molecule has 1 spiro atoms. The molecule has 2 aliphatic heterocycles. The average molecular weight is 584 g/mol. The fraction of sp³-hybridized carbons (Fsp3) is 0.625. The van der Waals surface area contributed by atoms with Crippen molar-refractivity contribution in [2.75, 3.05) is 31.8 Å². The molecule has 1 saturated carbocycles. The molecule has 1 amide bonds. The van der Waals surface area contributed by atoms with Gasteiger partial charge in [-0.3, -0.25) is 14.5 Å². The van der Waals surface area contributed by atoms with Crippen LogP contribution in [-0.4, -0.2) is 52.7 Å². The SMILES string of the molecule is COc1ccccc1C(CN1C(=O)C2(CCC2)C(=O)c2c1sc(C[Si](C)(C)C(C)(C)C)c2C)OC1CCOCC1. The van der Waals surface area contributed by atoms with Gasteiger partial charge in [0, 0.05) is 23.7 Å². The third-order valence-electron chi connectivity index (χ3n) is 9.99. The summed E-state index contributed by atoms with van der Waals surface area (Å²) in [6.45, 7) is 15.7. The zero-order valence-electron chi connectivity index (χ0n) is 25.2. The van der Waals surface area contributed by atoms with Gasteiger partial charge >= 0.3 is 0 Å². The van der Waals surface area contributed by atoms with Crippen LogP contribution in [0.1, 0.15) is 85.3 Å². The second-order valence-electron chi connectivity index (χ2n) is 13.5. The smallest absolute Gasteiger partial charge is 0.241 e. The van der Waals surface area contributed by atoms with E-state index in [2.05, 4.69) is 40.8 Å². The number of hydrogen-bond donors (Lipinski definition) is 0. The number of thiophene rings is 1. The highest BCUT2D eigenvalue weighted by molar-refractivity contribution is 7.17. The lowest BCUT2D eigenvalue weighted by atomic mass is 9.62. The molecule has 2 fully saturated rings. The first-order valence-corrected chi connectivity index (χ1v) is 18.8. The molecule has 5 rings (SSSR count). The monoisotopic (exact) mass is 583 g/mol. The molecule has 1 unspecified atom stereocenters. The van der Waals surface area contributed by atoms with E-state index >= 15 is 0 Å². The number of ether oxygens (including phenoxy) is 3.